The van der Waals surface area contributed by atoms with Gasteiger partial charge in [-0.1, -0.05) is 66.7 Å². The van der Waals surface area contributed by atoms with E-state index < -0.39 is 0 Å². The molecular weight excluding hydrogens is 342 g/mol. The lowest BCUT2D eigenvalue weighted by molar-refractivity contribution is 0.502. The Morgan fingerprint density at radius 3 is 2.32 bits per heavy atom. The highest BCUT2D eigenvalue weighted by Gasteiger charge is 2.21. The molecule has 5 rings (SSSR count). The maximum absolute atomic E-state index is 4.93. The van der Waals surface area contributed by atoms with Crippen LogP contribution in [0.5, 0.6) is 0 Å². The summed E-state index contributed by atoms with van der Waals surface area (Å²) >= 11 is 0. The molecule has 1 saturated heterocycles. The molecule has 3 aromatic carbocycles. The van der Waals surface area contributed by atoms with Crippen LogP contribution in [-0.4, -0.2) is 23.1 Å². The van der Waals surface area contributed by atoms with E-state index in [9.17, 15) is 0 Å². The Kier molecular flexibility index (Phi) is 4.50. The van der Waals surface area contributed by atoms with Crippen molar-refractivity contribution in [3.05, 3.63) is 90.8 Å². The SMILES string of the molecule is c1ccc(C2CCN(c3cncc(-c4ccc5ccccc5c4)n3)CC2)cc1. The maximum atomic E-state index is 4.93. The van der Waals surface area contributed by atoms with Gasteiger partial charge in [-0.2, -0.15) is 0 Å². The van der Waals surface area contributed by atoms with Crippen molar-refractivity contribution in [1.82, 2.24) is 9.97 Å². The average molecular weight is 365 g/mol. The number of nitrogens with zero attached hydrogens (tertiary/aromatic N) is 3. The van der Waals surface area contributed by atoms with E-state index in [4.69, 9.17) is 4.98 Å². The number of aromatic nitrogens is 2. The first-order valence-electron chi connectivity index (χ1n) is 9.98. The molecule has 0 unspecified atom stereocenters. The average Bonchev–Trinajstić information content (AvgIpc) is 2.79. The summed E-state index contributed by atoms with van der Waals surface area (Å²) in [6.45, 7) is 2.05. The number of hydrogen-bond donors (Lipinski definition) is 0. The van der Waals surface area contributed by atoms with Crippen LogP contribution in [0.15, 0.2) is 85.2 Å². The molecule has 28 heavy (non-hydrogen) atoms. The van der Waals surface area contributed by atoms with Gasteiger partial charge >= 0.3 is 0 Å². The Balaban J connectivity index is 1.36. The van der Waals surface area contributed by atoms with Crippen LogP contribution in [0.4, 0.5) is 5.82 Å². The van der Waals surface area contributed by atoms with E-state index in [1.807, 2.05) is 12.4 Å². The minimum Gasteiger partial charge on any atom is -0.355 e. The summed E-state index contributed by atoms with van der Waals surface area (Å²) in [6, 6.07) is 25.8. The largest absolute Gasteiger partial charge is 0.355 e. The van der Waals surface area contributed by atoms with Gasteiger partial charge in [-0.15, -0.1) is 0 Å². The smallest absolute Gasteiger partial charge is 0.147 e. The standard InChI is InChI=1S/C25H23N3/c1-2-6-19(7-3-1)21-12-14-28(15-13-21)25-18-26-17-24(27-25)23-11-10-20-8-4-5-9-22(20)16-23/h1-11,16-18,21H,12-15H2. The summed E-state index contributed by atoms with van der Waals surface area (Å²) in [7, 11) is 0. The van der Waals surface area contributed by atoms with Gasteiger partial charge in [-0.05, 0) is 41.2 Å². The van der Waals surface area contributed by atoms with Crippen LogP contribution in [0.3, 0.4) is 0 Å². The fourth-order valence-electron chi connectivity index (χ4n) is 4.16. The van der Waals surface area contributed by atoms with Crippen molar-refractivity contribution in [2.24, 2.45) is 0 Å². The van der Waals surface area contributed by atoms with Crippen LogP contribution in [-0.2, 0) is 0 Å². The third kappa shape index (κ3) is 3.36. The Hall–Kier alpha value is -3.20. The lowest BCUT2D eigenvalue weighted by Crippen LogP contribution is -2.33. The van der Waals surface area contributed by atoms with Crippen LogP contribution < -0.4 is 4.90 Å². The minimum atomic E-state index is 0.647. The highest BCUT2D eigenvalue weighted by atomic mass is 15.2. The van der Waals surface area contributed by atoms with E-state index in [0.717, 1.165) is 43.0 Å². The number of hydrogen-bond acceptors (Lipinski definition) is 3. The maximum Gasteiger partial charge on any atom is 0.147 e. The van der Waals surface area contributed by atoms with Crippen molar-refractivity contribution in [3.63, 3.8) is 0 Å². The van der Waals surface area contributed by atoms with Crippen molar-refractivity contribution in [2.45, 2.75) is 18.8 Å². The molecule has 2 heterocycles. The molecule has 1 aliphatic heterocycles. The van der Waals surface area contributed by atoms with Gasteiger partial charge in [0.1, 0.15) is 5.82 Å². The van der Waals surface area contributed by atoms with E-state index in [0.29, 0.717) is 5.92 Å². The molecule has 1 fully saturated rings. The van der Waals surface area contributed by atoms with E-state index in [-0.39, 0.29) is 0 Å². The topological polar surface area (TPSA) is 29.0 Å². The van der Waals surface area contributed by atoms with Crippen molar-refractivity contribution < 1.29 is 0 Å². The summed E-state index contributed by atoms with van der Waals surface area (Å²) in [6.07, 6.45) is 6.08. The second kappa shape index (κ2) is 7.43. The zero-order chi connectivity index (χ0) is 18.8. The molecule has 0 amide bonds. The molecule has 1 aliphatic rings. The molecule has 0 saturated carbocycles. The second-order valence-corrected chi connectivity index (χ2v) is 7.50. The lowest BCUT2D eigenvalue weighted by Gasteiger charge is -2.33. The Bertz CT molecular complexity index is 1080. The highest BCUT2D eigenvalue weighted by molar-refractivity contribution is 5.86. The summed E-state index contributed by atoms with van der Waals surface area (Å²) in [5.41, 5.74) is 3.51. The molecule has 0 atom stereocenters. The molecule has 0 spiro atoms. The Morgan fingerprint density at radius 2 is 1.50 bits per heavy atom. The molecule has 4 aromatic rings. The monoisotopic (exact) mass is 365 g/mol. The molecule has 3 nitrogen and oxygen atoms in total. The quantitative estimate of drug-likeness (QED) is 0.468. The third-order valence-corrected chi connectivity index (χ3v) is 5.76. The summed E-state index contributed by atoms with van der Waals surface area (Å²) in [5.74, 6) is 1.63. The van der Waals surface area contributed by atoms with Crippen LogP contribution in [0.2, 0.25) is 0 Å². The fraction of sp³-hybridized carbons (Fsp3) is 0.200. The van der Waals surface area contributed by atoms with Gasteiger partial charge in [-0.25, -0.2) is 4.98 Å². The molecule has 0 N–H and O–H groups in total. The zero-order valence-corrected chi connectivity index (χ0v) is 15.8. The van der Waals surface area contributed by atoms with Gasteiger partial charge in [0, 0.05) is 18.7 Å². The Labute approximate surface area is 165 Å². The fourth-order valence-corrected chi connectivity index (χ4v) is 4.16. The zero-order valence-electron chi connectivity index (χ0n) is 15.8. The summed E-state index contributed by atoms with van der Waals surface area (Å²) in [4.78, 5) is 11.8. The van der Waals surface area contributed by atoms with Crippen LogP contribution in [0.1, 0.15) is 24.3 Å². The minimum absolute atomic E-state index is 0.647. The molecule has 0 bridgehead atoms. The van der Waals surface area contributed by atoms with E-state index in [2.05, 4.69) is 82.7 Å². The van der Waals surface area contributed by atoms with Crippen LogP contribution >= 0.6 is 0 Å². The van der Waals surface area contributed by atoms with Crippen molar-refractivity contribution >= 4 is 16.6 Å². The van der Waals surface area contributed by atoms with E-state index >= 15 is 0 Å². The molecule has 3 heteroatoms. The Morgan fingerprint density at radius 1 is 0.750 bits per heavy atom. The third-order valence-electron chi connectivity index (χ3n) is 5.76. The van der Waals surface area contributed by atoms with Crippen molar-refractivity contribution in [1.29, 1.82) is 0 Å². The van der Waals surface area contributed by atoms with Crippen LogP contribution in [0, 0.1) is 0 Å². The first-order valence-corrected chi connectivity index (χ1v) is 9.98. The normalized spacial score (nSPS) is 15.1. The first kappa shape index (κ1) is 16.9. The molecule has 1 aromatic heterocycles. The summed E-state index contributed by atoms with van der Waals surface area (Å²) in [5, 5.41) is 2.48. The van der Waals surface area contributed by atoms with Gasteiger partial charge in [0.25, 0.3) is 0 Å². The van der Waals surface area contributed by atoms with Gasteiger partial charge in [0.15, 0.2) is 0 Å². The first-order chi connectivity index (χ1) is 13.9. The van der Waals surface area contributed by atoms with Gasteiger partial charge < -0.3 is 4.90 Å². The number of rotatable bonds is 3. The predicted octanol–water partition coefficient (Wildman–Crippen LogP) is 5.68. The molecular formula is C25H23N3. The predicted molar refractivity (Wildman–Crippen MR) is 116 cm³/mol. The van der Waals surface area contributed by atoms with E-state index in [1.54, 1.807) is 0 Å². The number of fused-ring (bicyclic) bond motifs is 1. The second-order valence-electron chi connectivity index (χ2n) is 7.50. The summed E-state index contributed by atoms with van der Waals surface area (Å²) < 4.78 is 0. The van der Waals surface area contributed by atoms with Crippen molar-refractivity contribution in [3.8, 4) is 11.3 Å². The highest BCUT2D eigenvalue weighted by Crippen LogP contribution is 2.30. The molecule has 138 valence electrons. The molecule has 0 radical (unpaired) electrons. The number of benzene rings is 3. The van der Waals surface area contributed by atoms with E-state index in [1.165, 1.54) is 16.3 Å². The van der Waals surface area contributed by atoms with Crippen LogP contribution in [0.25, 0.3) is 22.0 Å². The number of anilines is 1. The van der Waals surface area contributed by atoms with Gasteiger partial charge in [0.2, 0.25) is 0 Å². The number of piperidine rings is 1. The van der Waals surface area contributed by atoms with Crippen molar-refractivity contribution in [2.75, 3.05) is 18.0 Å². The lowest BCUT2D eigenvalue weighted by atomic mass is 9.89. The van der Waals surface area contributed by atoms with Gasteiger partial charge in [0.05, 0.1) is 18.1 Å². The molecule has 0 aliphatic carbocycles. The van der Waals surface area contributed by atoms with Gasteiger partial charge in [-0.3, -0.25) is 4.98 Å².